The van der Waals surface area contributed by atoms with Crippen molar-refractivity contribution in [2.45, 2.75) is 136 Å². The maximum atomic E-state index is 10.8. The summed E-state index contributed by atoms with van der Waals surface area (Å²) in [4.78, 5) is 0. The third kappa shape index (κ3) is 13.1. The van der Waals surface area contributed by atoms with E-state index in [4.69, 9.17) is 12.3 Å². The molecule has 5 nitrogen and oxygen atoms in total. The van der Waals surface area contributed by atoms with Crippen molar-refractivity contribution in [2.24, 2.45) is 0 Å². The Morgan fingerprint density at radius 2 is 0.930 bits per heavy atom. The summed E-state index contributed by atoms with van der Waals surface area (Å²) < 4.78 is 19.9. The van der Waals surface area contributed by atoms with Crippen molar-refractivity contribution in [3.8, 4) is 11.5 Å². The summed E-state index contributed by atoms with van der Waals surface area (Å²) in [5.74, 6) is 0.712. The molecule has 0 aliphatic rings. The normalized spacial score (nSPS) is 13.9. The number of benzene rings is 2. The molecule has 0 saturated heterocycles. The second-order valence-electron chi connectivity index (χ2n) is 16.6. The lowest BCUT2D eigenvalue weighted by atomic mass is 9.76. The van der Waals surface area contributed by atoms with Crippen LogP contribution in [0.1, 0.15) is 48.9 Å². The predicted molar refractivity (Wildman–Crippen MR) is 197 cm³/mol. The summed E-state index contributed by atoms with van der Waals surface area (Å²) in [5, 5.41) is 21.5. The molecule has 2 aromatic carbocycles. The fraction of sp³-hybridized carbons (Fsp3) is 0.636. The Morgan fingerprint density at radius 1 is 0.558 bits per heavy atom. The van der Waals surface area contributed by atoms with Crippen LogP contribution in [0.2, 0.25) is 90.7 Å². The summed E-state index contributed by atoms with van der Waals surface area (Å²) in [6, 6.07) is 14.1. The highest BCUT2D eigenvalue weighted by Crippen LogP contribution is 2.37. The molecule has 0 amide bonds. The van der Waals surface area contributed by atoms with Crippen LogP contribution in [0, 0.1) is 0 Å². The molecule has 0 aromatic heterocycles. The number of rotatable bonds is 16. The van der Waals surface area contributed by atoms with Crippen molar-refractivity contribution in [1.82, 2.24) is 0 Å². The Bertz CT molecular complexity index is 1190. The first-order valence-corrected chi connectivity index (χ1v) is 31.9. The van der Waals surface area contributed by atoms with Crippen molar-refractivity contribution in [3.63, 3.8) is 0 Å². The lowest BCUT2D eigenvalue weighted by Crippen LogP contribution is -2.52. The maximum absolute atomic E-state index is 10.8. The molecule has 43 heavy (non-hydrogen) atoms. The van der Waals surface area contributed by atoms with Gasteiger partial charge >= 0.3 is 8.56 Å². The fourth-order valence-corrected chi connectivity index (χ4v) is 26.7. The van der Waals surface area contributed by atoms with Gasteiger partial charge in [0.25, 0.3) is 0 Å². The molecule has 2 rings (SSSR count). The number of aryl methyl sites for hydroxylation is 2. The van der Waals surface area contributed by atoms with Gasteiger partial charge in [-0.25, -0.2) is 0 Å². The van der Waals surface area contributed by atoms with Gasteiger partial charge in [0.15, 0.2) is 33.3 Å². The van der Waals surface area contributed by atoms with Gasteiger partial charge in [-0.05, 0) is 151 Å². The molecule has 0 aliphatic carbocycles. The van der Waals surface area contributed by atoms with Crippen LogP contribution in [-0.4, -0.2) is 52.0 Å². The number of hydrogen-bond donors (Lipinski definition) is 2. The van der Waals surface area contributed by atoms with Crippen LogP contribution in [0.25, 0.3) is 0 Å². The average molecular weight is 679 g/mol. The second-order valence-corrected chi connectivity index (χ2v) is 38.5. The molecule has 0 saturated carbocycles. The van der Waals surface area contributed by atoms with Crippen LogP contribution in [0.4, 0.5) is 0 Å². The zero-order valence-corrected chi connectivity index (χ0v) is 34.8. The van der Waals surface area contributed by atoms with Crippen LogP contribution in [0.5, 0.6) is 11.5 Å². The first kappa shape index (κ1) is 38.2. The molecule has 244 valence electrons. The maximum Gasteiger partial charge on any atom is 0.314 e. The first-order valence-electron chi connectivity index (χ1n) is 16.1. The summed E-state index contributed by atoms with van der Waals surface area (Å²) >= 11 is 0. The van der Waals surface area contributed by atoms with E-state index in [1.54, 1.807) is 0 Å². The highest BCUT2D eigenvalue weighted by Gasteiger charge is 2.40. The minimum Gasteiger partial charge on any atom is -0.508 e. The Morgan fingerprint density at radius 3 is 1.30 bits per heavy atom. The van der Waals surface area contributed by atoms with E-state index in [2.05, 4.69) is 105 Å². The van der Waals surface area contributed by atoms with Crippen molar-refractivity contribution < 1.29 is 22.6 Å². The number of phenolic OH excluding ortho intramolecular Hbond substituents is 2. The van der Waals surface area contributed by atoms with Crippen molar-refractivity contribution >= 4 is 41.8 Å². The molecule has 0 atom stereocenters. The molecule has 0 spiro atoms. The average Bonchev–Trinajstić information content (AvgIpc) is 2.77. The first-order chi connectivity index (χ1) is 19.3. The highest BCUT2D eigenvalue weighted by atomic mass is 28.5. The van der Waals surface area contributed by atoms with Crippen molar-refractivity contribution in [2.75, 3.05) is 0 Å². The number of aromatic hydroxyl groups is 2. The van der Waals surface area contributed by atoms with Crippen LogP contribution in [0.3, 0.4) is 0 Å². The third-order valence-corrected chi connectivity index (χ3v) is 23.4. The summed E-state index contributed by atoms with van der Waals surface area (Å²) in [7, 11) is -9.12. The Kier molecular flexibility index (Phi) is 12.6. The van der Waals surface area contributed by atoms with Gasteiger partial charge in [-0.15, -0.1) is 0 Å². The van der Waals surface area contributed by atoms with Crippen LogP contribution >= 0.6 is 0 Å². The molecular weight excluding hydrogens is 617 g/mol. The molecular formula is C33H62O5Si5. The van der Waals surface area contributed by atoms with Gasteiger partial charge in [-0.2, -0.15) is 0 Å². The van der Waals surface area contributed by atoms with E-state index in [-0.39, 0.29) is 5.41 Å². The van der Waals surface area contributed by atoms with E-state index in [1.807, 2.05) is 24.3 Å². The minimum absolute atomic E-state index is 0.287. The monoisotopic (exact) mass is 678 g/mol. The van der Waals surface area contributed by atoms with Gasteiger partial charge in [-0.3, -0.25) is 0 Å². The largest absolute Gasteiger partial charge is 0.508 e. The van der Waals surface area contributed by atoms with Crippen molar-refractivity contribution in [1.29, 1.82) is 0 Å². The Labute approximate surface area is 269 Å². The van der Waals surface area contributed by atoms with Gasteiger partial charge in [0.05, 0.1) is 0 Å². The van der Waals surface area contributed by atoms with Gasteiger partial charge in [0, 0.05) is 5.41 Å². The molecule has 10 heteroatoms. The van der Waals surface area contributed by atoms with Crippen LogP contribution in [-0.2, 0) is 30.6 Å². The van der Waals surface area contributed by atoms with Gasteiger partial charge in [-0.1, -0.05) is 38.1 Å². The molecule has 0 bridgehead atoms. The second kappa shape index (κ2) is 14.2. The Balaban J connectivity index is 2.21. The van der Waals surface area contributed by atoms with Crippen LogP contribution < -0.4 is 0 Å². The van der Waals surface area contributed by atoms with Gasteiger partial charge in [0.2, 0.25) is 0 Å². The standard InChI is InChI=1S/C33H62O5Si5/c1-33(2,29-19-21-31(34)27(25-29)17-15-23-42(12,13)36-39(3,4)5)30-20-22-32(35)28(26-30)18-16-24-43(14,37-40(6,7)8)38-41(9,10)11/h19-22,25-26,34-35H,15-18,23-24H2,1-14H3. The highest BCUT2D eigenvalue weighted by molar-refractivity contribution is 6.87. The quantitative estimate of drug-likeness (QED) is 0.173. The number of phenols is 2. The summed E-state index contributed by atoms with van der Waals surface area (Å²) in [5.41, 5.74) is 4.00. The van der Waals surface area contributed by atoms with Crippen molar-refractivity contribution in [3.05, 3.63) is 58.7 Å². The van der Waals surface area contributed by atoms with E-state index in [9.17, 15) is 10.2 Å². The Hall–Kier alpha value is -0.996. The minimum atomic E-state index is -2.33. The van der Waals surface area contributed by atoms with E-state index in [0.29, 0.717) is 11.5 Å². The van der Waals surface area contributed by atoms with E-state index >= 15 is 0 Å². The van der Waals surface area contributed by atoms with Crippen LogP contribution in [0.15, 0.2) is 36.4 Å². The molecule has 0 unspecified atom stereocenters. The lowest BCUT2D eigenvalue weighted by Gasteiger charge is -2.38. The van der Waals surface area contributed by atoms with Gasteiger partial charge in [0.1, 0.15) is 11.5 Å². The zero-order valence-electron chi connectivity index (χ0n) is 29.8. The molecule has 0 heterocycles. The molecule has 2 aromatic rings. The summed E-state index contributed by atoms with van der Waals surface area (Å²) in [6.07, 6.45) is 3.54. The van der Waals surface area contributed by atoms with E-state index in [0.717, 1.165) is 54.5 Å². The lowest BCUT2D eigenvalue weighted by molar-refractivity contribution is 0.381. The topological polar surface area (TPSA) is 68.2 Å². The van der Waals surface area contributed by atoms with E-state index in [1.165, 1.54) is 5.56 Å². The molecule has 2 N–H and O–H groups in total. The smallest absolute Gasteiger partial charge is 0.314 e. The molecule has 0 fully saturated rings. The van der Waals surface area contributed by atoms with E-state index < -0.39 is 41.8 Å². The fourth-order valence-electron chi connectivity index (χ4n) is 6.12. The van der Waals surface area contributed by atoms with Gasteiger partial charge < -0.3 is 22.6 Å². The molecule has 0 aliphatic heterocycles. The molecule has 0 radical (unpaired) electrons. The predicted octanol–water partition coefficient (Wildman–Crippen LogP) is 10.1. The number of hydrogen-bond acceptors (Lipinski definition) is 5. The third-order valence-electron chi connectivity index (χ3n) is 7.53. The summed E-state index contributed by atoms with van der Waals surface area (Å²) in [6.45, 7) is 31.5. The zero-order chi connectivity index (χ0) is 33.1. The SMILES string of the molecule is CC(C)(c1ccc(O)c(CCC[Si](C)(C)O[Si](C)(C)C)c1)c1ccc(O)c(CCC[Si](C)(O[Si](C)(C)C)O[Si](C)(C)C)c1.